The molecule has 2 saturated heterocycles. The van der Waals surface area contributed by atoms with Crippen molar-refractivity contribution in [1.29, 1.82) is 0 Å². The lowest BCUT2D eigenvalue weighted by Gasteiger charge is -2.37. The Kier molecular flexibility index (Phi) is 7.00. The molecule has 0 aromatic heterocycles. The van der Waals surface area contributed by atoms with Gasteiger partial charge in [0.05, 0.1) is 5.69 Å². The third kappa shape index (κ3) is 5.26. The van der Waals surface area contributed by atoms with E-state index in [0.717, 1.165) is 56.2 Å². The van der Waals surface area contributed by atoms with Gasteiger partial charge in [-0.1, -0.05) is 0 Å². The van der Waals surface area contributed by atoms with E-state index in [1.807, 2.05) is 29.2 Å². The van der Waals surface area contributed by atoms with Crippen LogP contribution in [0.1, 0.15) is 18.9 Å². The third-order valence-corrected chi connectivity index (χ3v) is 7.41. The monoisotopic (exact) mass is 495 g/mol. The number of carbonyl (C=O) groups is 2. The number of anilines is 3. The van der Waals surface area contributed by atoms with Gasteiger partial charge in [-0.05, 0) is 55.8 Å². The Bertz CT molecular complexity index is 1110. The fourth-order valence-corrected chi connectivity index (χ4v) is 5.17. The quantitative estimate of drug-likeness (QED) is 0.704. The van der Waals surface area contributed by atoms with E-state index in [-0.39, 0.29) is 17.6 Å². The zero-order valence-corrected chi connectivity index (χ0v) is 21.0. The summed E-state index contributed by atoms with van der Waals surface area (Å²) in [5.74, 6) is 0.280. The lowest BCUT2D eigenvalue weighted by Crippen LogP contribution is -2.48. The van der Waals surface area contributed by atoms with Crippen molar-refractivity contribution in [2.24, 2.45) is 0 Å². The highest BCUT2D eigenvalue weighted by Crippen LogP contribution is 2.39. The molecule has 9 heteroatoms. The maximum absolute atomic E-state index is 14.4. The predicted octanol–water partition coefficient (Wildman–Crippen LogP) is 2.58. The molecule has 3 heterocycles. The van der Waals surface area contributed by atoms with E-state index < -0.39 is 6.10 Å². The van der Waals surface area contributed by atoms with Gasteiger partial charge in [0.15, 0.2) is 6.10 Å². The van der Waals surface area contributed by atoms with E-state index in [1.54, 1.807) is 6.92 Å². The van der Waals surface area contributed by atoms with Gasteiger partial charge < -0.3 is 29.7 Å². The number of nitrogens with one attached hydrogen (secondary N) is 1. The van der Waals surface area contributed by atoms with Crippen LogP contribution in [-0.4, -0.2) is 87.1 Å². The highest BCUT2D eigenvalue weighted by Gasteiger charge is 2.31. The maximum atomic E-state index is 14.4. The van der Waals surface area contributed by atoms with Crippen LogP contribution in [0.25, 0.3) is 0 Å². The Morgan fingerprint density at radius 2 is 1.61 bits per heavy atom. The van der Waals surface area contributed by atoms with Gasteiger partial charge in [-0.25, -0.2) is 4.39 Å². The van der Waals surface area contributed by atoms with E-state index in [2.05, 4.69) is 27.1 Å². The lowest BCUT2D eigenvalue weighted by atomic mass is 9.99. The smallest absolute Gasteiger partial charge is 0.265 e. The van der Waals surface area contributed by atoms with Crippen molar-refractivity contribution < 1.29 is 18.7 Å². The van der Waals surface area contributed by atoms with E-state index >= 15 is 0 Å². The first kappa shape index (κ1) is 24.4. The van der Waals surface area contributed by atoms with E-state index in [4.69, 9.17) is 4.74 Å². The second-order valence-corrected chi connectivity index (χ2v) is 9.88. The van der Waals surface area contributed by atoms with E-state index in [1.165, 1.54) is 12.1 Å². The van der Waals surface area contributed by atoms with Crippen LogP contribution in [0.3, 0.4) is 0 Å². The zero-order valence-electron chi connectivity index (χ0n) is 21.0. The van der Waals surface area contributed by atoms with Gasteiger partial charge in [-0.15, -0.1) is 0 Å². The van der Waals surface area contributed by atoms with Crippen LogP contribution in [0.2, 0.25) is 0 Å². The van der Waals surface area contributed by atoms with Gasteiger partial charge in [-0.3, -0.25) is 9.59 Å². The minimum absolute atomic E-state index is 0.112. The molecule has 0 saturated carbocycles. The Labute approximate surface area is 211 Å². The van der Waals surface area contributed by atoms with Crippen molar-refractivity contribution in [2.75, 3.05) is 74.5 Å². The molecule has 2 amide bonds. The zero-order chi connectivity index (χ0) is 25.2. The summed E-state index contributed by atoms with van der Waals surface area (Å²) in [5.41, 5.74) is 3.34. The Hall–Kier alpha value is -3.33. The standard InChI is InChI=1S/C27H34FN5O3/c1-19(34)31-13-15-32(16-14-31)23-6-4-22(5-7-23)29-27(35)25-8-3-20-17-21(28)18-24(26(20)36-25)33-11-9-30(2)10-12-33/h4-7,17-18,25H,3,8-16H2,1-2H3,(H,29,35). The molecule has 0 spiro atoms. The number of nitrogens with zero attached hydrogens (tertiary/aromatic N) is 4. The van der Waals surface area contributed by atoms with Crippen molar-refractivity contribution in [3.05, 3.63) is 47.8 Å². The minimum atomic E-state index is -0.631. The highest BCUT2D eigenvalue weighted by molar-refractivity contribution is 5.95. The largest absolute Gasteiger partial charge is 0.478 e. The summed E-state index contributed by atoms with van der Waals surface area (Å²) in [6.07, 6.45) is 0.466. The number of benzene rings is 2. The fourth-order valence-electron chi connectivity index (χ4n) is 5.17. The normalized spacial score (nSPS) is 20.5. The van der Waals surface area contributed by atoms with Crippen molar-refractivity contribution >= 4 is 28.9 Å². The third-order valence-electron chi connectivity index (χ3n) is 7.41. The topological polar surface area (TPSA) is 68.4 Å². The average Bonchev–Trinajstić information content (AvgIpc) is 2.89. The fraction of sp³-hybridized carbons (Fsp3) is 0.481. The molecule has 1 unspecified atom stereocenters. The number of aryl methyl sites for hydroxylation is 1. The van der Waals surface area contributed by atoms with Crippen LogP contribution >= 0.6 is 0 Å². The number of hydrogen-bond acceptors (Lipinski definition) is 6. The average molecular weight is 496 g/mol. The van der Waals surface area contributed by atoms with Crippen LogP contribution < -0.4 is 19.9 Å². The summed E-state index contributed by atoms with van der Waals surface area (Å²) in [6.45, 7) is 8.00. The van der Waals surface area contributed by atoms with E-state index in [0.29, 0.717) is 37.4 Å². The van der Waals surface area contributed by atoms with Crippen LogP contribution in [-0.2, 0) is 16.0 Å². The van der Waals surface area contributed by atoms with Crippen molar-refractivity contribution in [3.8, 4) is 5.75 Å². The second kappa shape index (κ2) is 10.3. The molecule has 0 bridgehead atoms. The number of halogens is 1. The molecular formula is C27H34FN5O3. The second-order valence-electron chi connectivity index (χ2n) is 9.88. The molecule has 3 aliphatic heterocycles. The summed E-state index contributed by atoms with van der Waals surface area (Å²) in [6, 6.07) is 10.8. The van der Waals surface area contributed by atoms with Gasteiger partial charge in [0.2, 0.25) is 5.91 Å². The van der Waals surface area contributed by atoms with Crippen LogP contribution in [0.15, 0.2) is 36.4 Å². The molecule has 2 aromatic rings. The molecular weight excluding hydrogens is 461 g/mol. The molecule has 0 radical (unpaired) electrons. The summed E-state index contributed by atoms with van der Waals surface area (Å²) >= 11 is 0. The van der Waals surface area contributed by atoms with Crippen molar-refractivity contribution in [2.45, 2.75) is 25.9 Å². The molecule has 192 valence electrons. The number of carbonyl (C=O) groups excluding carboxylic acids is 2. The number of fused-ring (bicyclic) bond motifs is 1. The molecule has 0 aliphatic carbocycles. The Morgan fingerprint density at radius 3 is 2.28 bits per heavy atom. The molecule has 8 nitrogen and oxygen atoms in total. The van der Waals surface area contributed by atoms with Crippen LogP contribution in [0.5, 0.6) is 5.75 Å². The number of hydrogen-bond donors (Lipinski definition) is 1. The molecule has 2 fully saturated rings. The summed E-state index contributed by atoms with van der Waals surface area (Å²) < 4.78 is 20.6. The molecule has 1 N–H and O–H groups in total. The molecule has 3 aliphatic rings. The number of ether oxygens (including phenoxy) is 1. The van der Waals surface area contributed by atoms with Crippen LogP contribution in [0.4, 0.5) is 21.5 Å². The van der Waals surface area contributed by atoms with E-state index in [9.17, 15) is 14.0 Å². The Balaban J connectivity index is 1.23. The molecule has 5 rings (SSSR count). The number of likely N-dealkylation sites (N-methyl/N-ethyl adjacent to an activating group) is 1. The maximum Gasteiger partial charge on any atom is 0.265 e. The molecule has 2 aromatic carbocycles. The number of piperazine rings is 2. The first-order valence-electron chi connectivity index (χ1n) is 12.7. The number of amides is 2. The summed E-state index contributed by atoms with van der Waals surface area (Å²) in [4.78, 5) is 33.1. The van der Waals surface area contributed by atoms with Crippen molar-refractivity contribution in [3.63, 3.8) is 0 Å². The Morgan fingerprint density at radius 1 is 0.944 bits per heavy atom. The van der Waals surface area contributed by atoms with Gasteiger partial charge in [0, 0.05) is 76.7 Å². The SMILES string of the molecule is CC(=O)N1CCN(c2ccc(NC(=O)C3CCc4cc(F)cc(N5CCN(C)CC5)c4O3)cc2)CC1. The lowest BCUT2D eigenvalue weighted by molar-refractivity contribution is -0.129. The minimum Gasteiger partial charge on any atom is -0.478 e. The first-order chi connectivity index (χ1) is 17.4. The van der Waals surface area contributed by atoms with Gasteiger partial charge in [0.1, 0.15) is 11.6 Å². The molecule has 36 heavy (non-hydrogen) atoms. The first-order valence-corrected chi connectivity index (χ1v) is 12.7. The van der Waals surface area contributed by atoms with Gasteiger partial charge in [-0.2, -0.15) is 0 Å². The molecule has 1 atom stereocenters. The van der Waals surface area contributed by atoms with Gasteiger partial charge >= 0.3 is 0 Å². The number of rotatable bonds is 4. The predicted molar refractivity (Wildman–Crippen MR) is 138 cm³/mol. The summed E-state index contributed by atoms with van der Waals surface area (Å²) in [7, 11) is 2.08. The van der Waals surface area contributed by atoms with Crippen LogP contribution in [0, 0.1) is 5.82 Å². The van der Waals surface area contributed by atoms with Crippen molar-refractivity contribution in [1.82, 2.24) is 9.80 Å². The van der Waals surface area contributed by atoms with Gasteiger partial charge in [0.25, 0.3) is 5.91 Å². The summed E-state index contributed by atoms with van der Waals surface area (Å²) in [5, 5.41) is 2.98. The highest BCUT2D eigenvalue weighted by atomic mass is 19.1.